The summed E-state index contributed by atoms with van der Waals surface area (Å²) in [6.45, 7) is 0. The Balaban J connectivity index is 1.79. The first-order chi connectivity index (χ1) is 11.2. The van der Waals surface area contributed by atoms with Crippen molar-refractivity contribution in [2.45, 2.75) is 0 Å². The molecule has 0 spiro atoms. The predicted octanol–water partition coefficient (Wildman–Crippen LogP) is 2.44. The zero-order valence-electron chi connectivity index (χ0n) is 12.1. The van der Waals surface area contributed by atoms with E-state index in [0.717, 1.165) is 16.2 Å². The number of thiophene rings is 1. The highest BCUT2D eigenvalue weighted by atomic mass is 32.1. The molecule has 3 heterocycles. The monoisotopic (exact) mass is 341 g/mol. The maximum absolute atomic E-state index is 12.4. The molecule has 114 valence electrons. The molecule has 0 bridgehead atoms. The maximum Gasteiger partial charge on any atom is 0.291 e. The van der Waals surface area contributed by atoms with Crippen molar-refractivity contribution in [3.63, 3.8) is 0 Å². The quantitative estimate of drug-likeness (QED) is 0.574. The molecule has 4 aromatic rings. The van der Waals surface area contributed by atoms with Crippen molar-refractivity contribution >= 4 is 33.7 Å². The van der Waals surface area contributed by atoms with Crippen molar-refractivity contribution in [2.24, 2.45) is 0 Å². The molecule has 4 rings (SSSR count). The van der Waals surface area contributed by atoms with E-state index >= 15 is 0 Å². The van der Waals surface area contributed by atoms with Crippen LogP contribution in [0.4, 0.5) is 0 Å². The summed E-state index contributed by atoms with van der Waals surface area (Å²) in [7, 11) is 1.62. The third-order valence-electron chi connectivity index (χ3n) is 3.35. The van der Waals surface area contributed by atoms with Crippen LogP contribution in [0.2, 0.25) is 0 Å². The first kappa shape index (κ1) is 14.1. The van der Waals surface area contributed by atoms with Gasteiger partial charge in [-0.25, -0.2) is 0 Å². The molecule has 0 amide bonds. The summed E-state index contributed by atoms with van der Waals surface area (Å²) < 4.78 is 7.14. The van der Waals surface area contributed by atoms with Crippen LogP contribution >= 0.6 is 22.7 Å². The van der Waals surface area contributed by atoms with Crippen LogP contribution in [0, 0.1) is 0 Å². The Labute approximate surface area is 139 Å². The number of hydrogen-bond donors (Lipinski definition) is 0. The summed E-state index contributed by atoms with van der Waals surface area (Å²) in [4.78, 5) is 18.5. The van der Waals surface area contributed by atoms with Crippen LogP contribution < -0.4 is 14.8 Å². The van der Waals surface area contributed by atoms with E-state index in [2.05, 4.69) is 10.1 Å². The zero-order chi connectivity index (χ0) is 15.8. The fourth-order valence-electron chi connectivity index (χ4n) is 2.20. The molecule has 0 aliphatic rings. The van der Waals surface area contributed by atoms with Gasteiger partial charge >= 0.3 is 0 Å². The summed E-state index contributed by atoms with van der Waals surface area (Å²) in [5.74, 6) is 1.31. The second-order valence-corrected chi connectivity index (χ2v) is 6.78. The van der Waals surface area contributed by atoms with Crippen LogP contribution in [0.15, 0.2) is 46.6 Å². The summed E-state index contributed by atoms with van der Waals surface area (Å²) >= 11 is 2.94. The molecule has 0 atom stereocenters. The molecule has 5 nitrogen and oxygen atoms in total. The van der Waals surface area contributed by atoms with Crippen molar-refractivity contribution in [1.29, 1.82) is 0 Å². The number of ether oxygens (including phenoxy) is 1. The van der Waals surface area contributed by atoms with Gasteiger partial charge in [-0.15, -0.1) is 16.4 Å². The van der Waals surface area contributed by atoms with Crippen molar-refractivity contribution < 1.29 is 4.74 Å². The third-order valence-corrected chi connectivity index (χ3v) is 5.13. The Kier molecular flexibility index (Phi) is 3.44. The number of fused-ring (bicyclic) bond motifs is 1. The van der Waals surface area contributed by atoms with Crippen LogP contribution in [-0.2, 0) is 0 Å². The number of thiazole rings is 1. The average Bonchev–Trinajstić information content (AvgIpc) is 3.28. The molecular formula is C16H11N3O2S2. The number of methoxy groups -OCH3 is 1. The summed E-state index contributed by atoms with van der Waals surface area (Å²) in [6, 6.07) is 11.4. The number of rotatable bonds is 3. The van der Waals surface area contributed by atoms with Gasteiger partial charge in [-0.1, -0.05) is 17.4 Å². The second kappa shape index (κ2) is 5.60. The molecule has 0 aliphatic carbocycles. The first-order valence-corrected chi connectivity index (χ1v) is 8.53. The highest BCUT2D eigenvalue weighted by Gasteiger charge is 2.12. The molecule has 0 saturated heterocycles. The molecule has 0 saturated carbocycles. The van der Waals surface area contributed by atoms with Crippen molar-refractivity contribution in [2.75, 3.05) is 7.11 Å². The Bertz CT molecular complexity index is 1060. The van der Waals surface area contributed by atoms with Crippen molar-refractivity contribution in [3.8, 4) is 17.1 Å². The van der Waals surface area contributed by atoms with Gasteiger partial charge in [0, 0.05) is 10.4 Å². The minimum Gasteiger partial charge on any atom is -0.497 e. The van der Waals surface area contributed by atoms with Crippen LogP contribution in [0.3, 0.4) is 0 Å². The molecule has 0 aliphatic heterocycles. The van der Waals surface area contributed by atoms with Gasteiger partial charge in [0.2, 0.25) is 4.96 Å². The van der Waals surface area contributed by atoms with E-state index in [0.29, 0.717) is 15.3 Å². The standard InChI is InChI=1S/C16H11N3O2S2/c1-21-11-6-4-10(5-7-11)14-17-16-19(18-14)15(20)13(23-16)9-12-3-2-8-22-12/h2-9H,1H3/b13-9-. The van der Waals surface area contributed by atoms with Crippen LogP contribution in [0.5, 0.6) is 5.75 Å². The van der Waals surface area contributed by atoms with Gasteiger partial charge in [0.1, 0.15) is 5.75 Å². The second-order valence-electron chi connectivity index (χ2n) is 4.79. The highest BCUT2D eigenvalue weighted by Crippen LogP contribution is 2.20. The Morgan fingerprint density at radius 3 is 2.70 bits per heavy atom. The minimum absolute atomic E-state index is 0.134. The van der Waals surface area contributed by atoms with E-state index in [4.69, 9.17) is 4.74 Å². The van der Waals surface area contributed by atoms with Gasteiger partial charge in [0.15, 0.2) is 5.82 Å². The number of aromatic nitrogens is 3. The smallest absolute Gasteiger partial charge is 0.291 e. The van der Waals surface area contributed by atoms with Crippen LogP contribution in [0.1, 0.15) is 4.88 Å². The van der Waals surface area contributed by atoms with Crippen molar-refractivity contribution in [3.05, 3.63) is 61.5 Å². The summed E-state index contributed by atoms with van der Waals surface area (Å²) in [6.07, 6.45) is 1.88. The predicted molar refractivity (Wildman–Crippen MR) is 92.2 cm³/mol. The Hall–Kier alpha value is -2.51. The third kappa shape index (κ3) is 2.54. The van der Waals surface area contributed by atoms with E-state index in [1.807, 2.05) is 47.9 Å². The number of benzene rings is 1. The number of nitrogens with zero attached hydrogens (tertiary/aromatic N) is 3. The molecule has 0 unspecified atom stereocenters. The van der Waals surface area contributed by atoms with E-state index in [-0.39, 0.29) is 5.56 Å². The van der Waals surface area contributed by atoms with Gasteiger partial charge in [-0.3, -0.25) is 4.79 Å². The van der Waals surface area contributed by atoms with Crippen LogP contribution in [0.25, 0.3) is 22.4 Å². The largest absolute Gasteiger partial charge is 0.497 e. The van der Waals surface area contributed by atoms with Gasteiger partial charge < -0.3 is 4.74 Å². The molecule has 0 radical (unpaired) electrons. The summed E-state index contributed by atoms with van der Waals surface area (Å²) in [5, 5.41) is 6.32. The van der Waals surface area contributed by atoms with Gasteiger partial charge in [0.05, 0.1) is 11.6 Å². The summed E-state index contributed by atoms with van der Waals surface area (Å²) in [5.41, 5.74) is 0.718. The van der Waals surface area contributed by atoms with E-state index in [1.54, 1.807) is 18.4 Å². The highest BCUT2D eigenvalue weighted by molar-refractivity contribution is 7.15. The lowest BCUT2D eigenvalue weighted by molar-refractivity contribution is 0.415. The van der Waals surface area contributed by atoms with Gasteiger partial charge in [-0.2, -0.15) is 9.50 Å². The lowest BCUT2D eigenvalue weighted by Gasteiger charge is -1.99. The first-order valence-electron chi connectivity index (χ1n) is 6.84. The van der Waals surface area contributed by atoms with Gasteiger partial charge in [0.25, 0.3) is 5.56 Å². The average molecular weight is 341 g/mol. The molecule has 23 heavy (non-hydrogen) atoms. The fraction of sp³-hybridized carbons (Fsp3) is 0.0625. The molecule has 3 aromatic heterocycles. The maximum atomic E-state index is 12.4. The van der Waals surface area contributed by atoms with E-state index < -0.39 is 0 Å². The number of hydrogen-bond acceptors (Lipinski definition) is 6. The minimum atomic E-state index is -0.134. The fourth-order valence-corrected chi connectivity index (χ4v) is 3.83. The molecular weight excluding hydrogens is 330 g/mol. The molecule has 1 aromatic carbocycles. The zero-order valence-corrected chi connectivity index (χ0v) is 13.7. The molecule has 0 N–H and O–H groups in total. The Morgan fingerprint density at radius 2 is 2.04 bits per heavy atom. The topological polar surface area (TPSA) is 56.5 Å². The molecule has 7 heteroatoms. The molecule has 0 fully saturated rings. The van der Waals surface area contributed by atoms with Gasteiger partial charge in [-0.05, 0) is 41.8 Å². The van der Waals surface area contributed by atoms with E-state index in [1.165, 1.54) is 15.9 Å². The van der Waals surface area contributed by atoms with E-state index in [9.17, 15) is 4.79 Å². The Morgan fingerprint density at radius 1 is 1.22 bits per heavy atom. The normalized spacial score (nSPS) is 12.1. The lowest BCUT2D eigenvalue weighted by atomic mass is 10.2. The lowest BCUT2D eigenvalue weighted by Crippen LogP contribution is -2.23. The van der Waals surface area contributed by atoms with Crippen molar-refractivity contribution in [1.82, 2.24) is 14.6 Å². The SMILES string of the molecule is COc1ccc(-c2nc3s/c(=C\c4cccs4)c(=O)n3n2)cc1. The van der Waals surface area contributed by atoms with Crippen LogP contribution in [-0.4, -0.2) is 21.7 Å².